The summed E-state index contributed by atoms with van der Waals surface area (Å²) >= 11 is 0. The summed E-state index contributed by atoms with van der Waals surface area (Å²) in [7, 11) is 1.72. The highest BCUT2D eigenvalue weighted by atomic mass is 16.5. The van der Waals surface area contributed by atoms with E-state index >= 15 is 0 Å². The molecule has 0 amide bonds. The third-order valence-corrected chi connectivity index (χ3v) is 6.99. The number of rotatable bonds is 8. The molecular formula is C26H31N7O2. The van der Waals surface area contributed by atoms with Crippen LogP contribution in [0.15, 0.2) is 47.2 Å². The maximum absolute atomic E-state index is 5.58. The molecule has 0 bridgehead atoms. The predicted octanol–water partition coefficient (Wildman–Crippen LogP) is 3.46. The molecule has 4 aromatic rings. The Bertz CT molecular complexity index is 1290. The van der Waals surface area contributed by atoms with Crippen LogP contribution in [0.4, 0.5) is 5.95 Å². The minimum atomic E-state index is 0.570. The van der Waals surface area contributed by atoms with Crippen LogP contribution >= 0.6 is 0 Å². The van der Waals surface area contributed by atoms with Crippen LogP contribution < -0.4 is 10.1 Å². The SMILES string of the molecule is COc1ccc2c(c1)CN(Cc1cnc(NCCN3CCCC3)n3nc(-c4ccco4)nc13)CC2. The number of nitrogens with one attached hydrogen (secondary N) is 1. The molecule has 3 aromatic heterocycles. The van der Waals surface area contributed by atoms with Crippen molar-refractivity contribution < 1.29 is 9.15 Å². The van der Waals surface area contributed by atoms with Gasteiger partial charge in [-0.1, -0.05) is 6.07 Å². The molecule has 35 heavy (non-hydrogen) atoms. The second-order valence-corrected chi connectivity index (χ2v) is 9.33. The topological polar surface area (TPSA) is 84.0 Å². The van der Waals surface area contributed by atoms with Gasteiger partial charge in [0.25, 0.3) is 0 Å². The molecule has 0 aliphatic carbocycles. The van der Waals surface area contributed by atoms with Gasteiger partial charge in [-0.15, -0.1) is 5.10 Å². The van der Waals surface area contributed by atoms with Crippen LogP contribution in [0.1, 0.15) is 29.5 Å². The maximum Gasteiger partial charge on any atom is 0.225 e. The normalized spacial score (nSPS) is 16.6. The molecule has 0 radical (unpaired) electrons. The number of likely N-dealkylation sites (tertiary alicyclic amines) is 1. The van der Waals surface area contributed by atoms with E-state index in [2.05, 4.69) is 27.2 Å². The molecule has 2 aliphatic heterocycles. The summed E-state index contributed by atoms with van der Waals surface area (Å²) in [5, 5.41) is 8.24. The lowest BCUT2D eigenvalue weighted by atomic mass is 9.99. The van der Waals surface area contributed by atoms with Gasteiger partial charge in [0.05, 0.1) is 13.4 Å². The molecule has 1 fully saturated rings. The smallest absolute Gasteiger partial charge is 0.225 e. The highest BCUT2D eigenvalue weighted by Gasteiger charge is 2.21. The van der Waals surface area contributed by atoms with Gasteiger partial charge in [0.2, 0.25) is 11.8 Å². The Labute approximate surface area is 204 Å². The van der Waals surface area contributed by atoms with Crippen LogP contribution in [0.25, 0.3) is 17.2 Å². The van der Waals surface area contributed by atoms with Crippen LogP contribution in [0.2, 0.25) is 0 Å². The number of benzene rings is 1. The third-order valence-electron chi connectivity index (χ3n) is 6.99. The molecular weight excluding hydrogens is 442 g/mol. The lowest BCUT2D eigenvalue weighted by Crippen LogP contribution is -2.30. The van der Waals surface area contributed by atoms with E-state index < -0.39 is 0 Å². The van der Waals surface area contributed by atoms with Crippen LogP contribution in [0.5, 0.6) is 5.75 Å². The van der Waals surface area contributed by atoms with E-state index in [9.17, 15) is 0 Å². The average Bonchev–Trinajstić information content (AvgIpc) is 3.66. The molecule has 1 N–H and O–H groups in total. The molecule has 0 spiro atoms. The number of hydrogen-bond donors (Lipinski definition) is 1. The van der Waals surface area contributed by atoms with Crippen molar-refractivity contribution in [2.45, 2.75) is 32.4 Å². The van der Waals surface area contributed by atoms with Gasteiger partial charge in [-0.25, -0.2) is 9.97 Å². The molecule has 1 aromatic carbocycles. The van der Waals surface area contributed by atoms with Gasteiger partial charge < -0.3 is 19.4 Å². The van der Waals surface area contributed by atoms with E-state index in [1.165, 1.54) is 37.1 Å². The number of ether oxygens (including phenoxy) is 1. The van der Waals surface area contributed by atoms with Crippen molar-refractivity contribution in [3.05, 3.63) is 59.5 Å². The Hall–Kier alpha value is -3.43. The van der Waals surface area contributed by atoms with E-state index in [0.717, 1.165) is 56.1 Å². The monoisotopic (exact) mass is 473 g/mol. The summed E-state index contributed by atoms with van der Waals surface area (Å²) in [5.41, 5.74) is 4.57. The summed E-state index contributed by atoms with van der Waals surface area (Å²) in [6.45, 7) is 6.79. The van der Waals surface area contributed by atoms with Crippen molar-refractivity contribution >= 4 is 11.6 Å². The van der Waals surface area contributed by atoms with Crippen molar-refractivity contribution in [1.29, 1.82) is 0 Å². The molecule has 0 saturated carbocycles. The van der Waals surface area contributed by atoms with Crippen LogP contribution in [-0.2, 0) is 19.5 Å². The van der Waals surface area contributed by atoms with Crippen LogP contribution in [-0.4, -0.2) is 69.2 Å². The van der Waals surface area contributed by atoms with Crippen LogP contribution in [0, 0.1) is 0 Å². The maximum atomic E-state index is 5.58. The average molecular weight is 474 g/mol. The van der Waals surface area contributed by atoms with Crippen LogP contribution in [0.3, 0.4) is 0 Å². The molecule has 9 heteroatoms. The van der Waals surface area contributed by atoms with E-state index in [0.29, 0.717) is 17.5 Å². The minimum absolute atomic E-state index is 0.570. The number of furan rings is 1. The van der Waals surface area contributed by atoms with Crippen molar-refractivity contribution in [2.24, 2.45) is 0 Å². The van der Waals surface area contributed by atoms with Gasteiger partial charge in [0, 0.05) is 44.5 Å². The van der Waals surface area contributed by atoms with E-state index in [1.54, 1.807) is 13.4 Å². The minimum Gasteiger partial charge on any atom is -0.497 e. The Kier molecular flexibility index (Phi) is 6.10. The third kappa shape index (κ3) is 4.61. The molecule has 1 saturated heterocycles. The van der Waals surface area contributed by atoms with E-state index in [1.807, 2.05) is 28.9 Å². The molecule has 5 heterocycles. The summed E-state index contributed by atoms with van der Waals surface area (Å²) in [6, 6.07) is 10.1. The van der Waals surface area contributed by atoms with Crippen molar-refractivity contribution in [2.75, 3.05) is 45.2 Å². The molecule has 9 nitrogen and oxygen atoms in total. The first-order chi connectivity index (χ1) is 17.3. The van der Waals surface area contributed by atoms with E-state index in [4.69, 9.17) is 24.2 Å². The number of aromatic nitrogens is 4. The predicted molar refractivity (Wildman–Crippen MR) is 133 cm³/mol. The van der Waals surface area contributed by atoms with E-state index in [-0.39, 0.29) is 0 Å². The van der Waals surface area contributed by atoms with Gasteiger partial charge in [-0.05, 0) is 67.7 Å². The fourth-order valence-corrected chi connectivity index (χ4v) is 5.09. The second kappa shape index (κ2) is 9.67. The summed E-state index contributed by atoms with van der Waals surface area (Å²) in [5.74, 6) is 2.84. The standard InChI is InChI=1S/C26H31N7O2/c1-34-22-7-6-19-8-12-32(17-20(19)15-22)18-21-16-28-26(27-9-13-31-10-2-3-11-31)33-25(21)29-24(30-33)23-5-4-14-35-23/h4-7,14-16H,2-3,8-13,17-18H2,1H3,(H,27,28). The quantitative estimate of drug-likeness (QED) is 0.417. The summed E-state index contributed by atoms with van der Waals surface area (Å²) in [4.78, 5) is 14.5. The van der Waals surface area contributed by atoms with Gasteiger partial charge in [0.15, 0.2) is 11.4 Å². The number of nitrogens with zero attached hydrogens (tertiary/aromatic N) is 6. The Balaban J connectivity index is 1.26. The van der Waals surface area contributed by atoms with Gasteiger partial charge in [0.1, 0.15) is 5.75 Å². The molecule has 0 atom stereocenters. The van der Waals surface area contributed by atoms with Gasteiger partial charge in [-0.3, -0.25) is 4.90 Å². The summed E-state index contributed by atoms with van der Waals surface area (Å²) in [6.07, 6.45) is 7.19. The second-order valence-electron chi connectivity index (χ2n) is 9.33. The highest BCUT2D eigenvalue weighted by Crippen LogP contribution is 2.26. The molecule has 2 aliphatic rings. The molecule has 0 unspecified atom stereocenters. The lowest BCUT2D eigenvalue weighted by Gasteiger charge is -2.29. The first-order valence-corrected chi connectivity index (χ1v) is 12.4. The van der Waals surface area contributed by atoms with Crippen molar-refractivity contribution in [1.82, 2.24) is 29.4 Å². The van der Waals surface area contributed by atoms with Gasteiger partial charge in [-0.2, -0.15) is 4.52 Å². The van der Waals surface area contributed by atoms with Crippen molar-refractivity contribution in [3.8, 4) is 17.3 Å². The fourth-order valence-electron chi connectivity index (χ4n) is 5.09. The molecule has 182 valence electrons. The Morgan fingerprint density at radius 1 is 1.09 bits per heavy atom. The zero-order valence-corrected chi connectivity index (χ0v) is 20.1. The zero-order chi connectivity index (χ0) is 23.6. The Morgan fingerprint density at radius 2 is 2.00 bits per heavy atom. The highest BCUT2D eigenvalue weighted by molar-refractivity contribution is 5.58. The number of anilines is 1. The van der Waals surface area contributed by atoms with Crippen molar-refractivity contribution in [3.63, 3.8) is 0 Å². The number of hydrogen-bond acceptors (Lipinski definition) is 8. The zero-order valence-electron chi connectivity index (χ0n) is 20.1. The lowest BCUT2D eigenvalue weighted by molar-refractivity contribution is 0.245. The van der Waals surface area contributed by atoms with Gasteiger partial charge >= 0.3 is 0 Å². The largest absolute Gasteiger partial charge is 0.497 e. The summed E-state index contributed by atoms with van der Waals surface area (Å²) < 4.78 is 12.9. The number of fused-ring (bicyclic) bond motifs is 2. The first kappa shape index (κ1) is 22.1. The fraction of sp³-hybridized carbons (Fsp3) is 0.423. The molecule has 6 rings (SSSR count). The number of methoxy groups -OCH3 is 1. The first-order valence-electron chi connectivity index (χ1n) is 12.4. The Morgan fingerprint density at radius 3 is 2.83 bits per heavy atom.